The van der Waals surface area contributed by atoms with Crippen LogP contribution in [-0.4, -0.2) is 48.2 Å². The van der Waals surface area contributed by atoms with Crippen LogP contribution in [0.2, 0.25) is 0 Å². The van der Waals surface area contributed by atoms with E-state index in [-0.39, 0.29) is 29.6 Å². The largest absolute Gasteiger partial charge is 0.259 e. The first-order chi connectivity index (χ1) is 6.58. The van der Waals surface area contributed by atoms with Gasteiger partial charge in [-0.05, 0) is 12.3 Å². The average Bonchev–Trinajstić information content (AvgIpc) is 2.47. The normalized spacial score (nSPS) is 10.4. The summed E-state index contributed by atoms with van der Waals surface area (Å²) < 4.78 is 22.8. The predicted molar refractivity (Wildman–Crippen MR) is 62.8 cm³/mol. The smallest absolute Gasteiger partial charge is 0.224 e. The summed E-state index contributed by atoms with van der Waals surface area (Å²) in [5.41, 5.74) is 0. The van der Waals surface area contributed by atoms with Crippen molar-refractivity contribution in [2.45, 2.75) is 26.7 Å². The molecule has 0 aliphatic rings. The third-order valence-electron chi connectivity index (χ3n) is 1.59. The predicted octanol–water partition coefficient (Wildman–Crippen LogP) is 0.684. The molecule has 0 saturated heterocycles. The first-order valence-electron chi connectivity index (χ1n) is 4.31. The van der Waals surface area contributed by atoms with Gasteiger partial charge in [0, 0.05) is 36.0 Å². The summed E-state index contributed by atoms with van der Waals surface area (Å²) in [6, 6.07) is 0. The molecule has 1 rings (SSSR count). The molecule has 0 spiro atoms. The minimum Gasteiger partial charge on any atom is -0.259 e. The number of thiol groups is 1. The Morgan fingerprint density at radius 2 is 2.07 bits per heavy atom. The molecule has 0 aromatic carbocycles. The van der Waals surface area contributed by atoms with E-state index in [4.69, 9.17) is 0 Å². The number of nitrogens with zero attached hydrogens (tertiary/aromatic N) is 2. The van der Waals surface area contributed by atoms with E-state index in [1.54, 1.807) is 0 Å². The van der Waals surface area contributed by atoms with Gasteiger partial charge in [0.1, 0.15) is 5.01 Å². The molecule has 0 fully saturated rings. The van der Waals surface area contributed by atoms with Crippen LogP contribution in [0.25, 0.3) is 0 Å². The maximum atomic E-state index is 10.3. The van der Waals surface area contributed by atoms with Gasteiger partial charge in [0.25, 0.3) is 0 Å². The van der Waals surface area contributed by atoms with Crippen molar-refractivity contribution >= 4 is 56.9 Å². The Kier molecular flexibility index (Phi) is 7.72. The van der Waals surface area contributed by atoms with Gasteiger partial charge in [-0.15, -0.1) is 10.2 Å². The van der Waals surface area contributed by atoms with Crippen molar-refractivity contribution in [1.29, 1.82) is 0 Å². The van der Waals surface area contributed by atoms with E-state index < -0.39 is 10.9 Å². The molecule has 8 heteroatoms. The first kappa shape index (κ1) is 15.3. The second kappa shape index (κ2) is 7.56. The van der Waals surface area contributed by atoms with Crippen molar-refractivity contribution in [2.24, 2.45) is 5.92 Å². The quantitative estimate of drug-likeness (QED) is 0.602. The summed E-state index contributed by atoms with van der Waals surface area (Å²) >= 11 is 1.29. The van der Waals surface area contributed by atoms with Gasteiger partial charge in [0.15, 0.2) is 0 Å². The molecule has 0 bridgehead atoms. The monoisotopic (exact) mass is 258 g/mol. The summed E-state index contributed by atoms with van der Waals surface area (Å²) in [7, 11) is -2.63. The van der Waals surface area contributed by atoms with Gasteiger partial charge in [-0.2, -0.15) is 0 Å². The summed E-state index contributed by atoms with van der Waals surface area (Å²) in [5, 5.41) is 8.81. The Labute approximate surface area is 117 Å². The van der Waals surface area contributed by atoms with Crippen molar-refractivity contribution in [3.05, 3.63) is 5.01 Å². The van der Waals surface area contributed by atoms with Crippen molar-refractivity contribution in [2.75, 3.05) is 4.72 Å². The molecule has 0 amide bonds. The van der Waals surface area contributed by atoms with Crippen molar-refractivity contribution in [3.8, 4) is 0 Å². The molecule has 15 heavy (non-hydrogen) atoms. The van der Waals surface area contributed by atoms with E-state index in [0.29, 0.717) is 11.0 Å². The van der Waals surface area contributed by atoms with Crippen LogP contribution in [0.3, 0.4) is 0 Å². The van der Waals surface area contributed by atoms with E-state index in [1.807, 2.05) is 0 Å². The van der Waals surface area contributed by atoms with Crippen LogP contribution < -0.4 is 4.72 Å². The zero-order valence-corrected chi connectivity index (χ0v) is 12.8. The fraction of sp³-hybridized carbons (Fsp3) is 0.714. The molecule has 1 aromatic heterocycles. The minimum absolute atomic E-state index is 0. The summed E-state index contributed by atoms with van der Waals surface area (Å²) in [6.07, 6.45) is 1.89. The number of anilines is 1. The van der Waals surface area contributed by atoms with Crippen LogP contribution in [0, 0.1) is 5.92 Å². The molecule has 1 heterocycles. The molecule has 0 atom stereocenters. The van der Waals surface area contributed by atoms with Crippen LogP contribution in [0.5, 0.6) is 0 Å². The van der Waals surface area contributed by atoms with E-state index in [1.165, 1.54) is 11.3 Å². The Bertz CT molecular complexity index is 357. The zero-order chi connectivity index (χ0) is 10.6. The number of hydrogen-bond acceptors (Lipinski definition) is 5. The molecule has 0 aliphatic heterocycles. The fourth-order valence-electron chi connectivity index (χ4n) is 0.890. The second-order valence-electron chi connectivity index (χ2n) is 3.30. The summed E-state index contributed by atoms with van der Waals surface area (Å²) in [6.45, 7) is 4.27. The van der Waals surface area contributed by atoms with E-state index in [2.05, 4.69) is 28.8 Å². The molecular weight excluding hydrogens is 245 g/mol. The van der Waals surface area contributed by atoms with Crippen LogP contribution in [0.1, 0.15) is 25.3 Å². The van der Waals surface area contributed by atoms with E-state index in [9.17, 15) is 8.42 Å². The van der Waals surface area contributed by atoms with E-state index >= 15 is 0 Å². The molecule has 0 unspecified atom stereocenters. The molecule has 0 saturated carbocycles. The van der Waals surface area contributed by atoms with Gasteiger partial charge in [0.2, 0.25) is 16.0 Å². The Hall–Kier alpha value is 0.310. The van der Waals surface area contributed by atoms with Gasteiger partial charge < -0.3 is 0 Å². The Morgan fingerprint density at radius 1 is 1.40 bits per heavy atom. The number of rotatable bonds is 5. The molecule has 5 nitrogen and oxygen atoms in total. The fourth-order valence-corrected chi connectivity index (χ4v) is 2.10. The first-order valence-corrected chi connectivity index (χ1v) is 6.30. The maximum Gasteiger partial charge on any atom is 0.224 e. The number of hydrogen-bond donors (Lipinski definition) is 2. The van der Waals surface area contributed by atoms with Crippen LogP contribution in [-0.2, 0) is 17.3 Å². The Morgan fingerprint density at radius 3 is 2.60 bits per heavy atom. The third-order valence-corrected chi connectivity index (χ3v) is 3.03. The zero-order valence-electron chi connectivity index (χ0n) is 9.06. The van der Waals surface area contributed by atoms with Gasteiger partial charge in [-0.1, -0.05) is 25.2 Å². The van der Waals surface area contributed by atoms with Crippen molar-refractivity contribution in [3.63, 3.8) is 0 Å². The van der Waals surface area contributed by atoms with E-state index in [0.717, 1.165) is 17.8 Å². The standard InChI is InChI=1S/C7H13N3O2S2.Na/c1-5(2)3-4-6-8-9-7(13-6)10-14(11)12;/h5,14H,3-4H2,1-2H3,(H,9,10,11,12);. The topological polar surface area (TPSA) is 72.0 Å². The van der Waals surface area contributed by atoms with Crippen LogP contribution in [0.15, 0.2) is 0 Å². The number of aryl methyl sites for hydroxylation is 1. The van der Waals surface area contributed by atoms with Crippen molar-refractivity contribution in [1.82, 2.24) is 10.2 Å². The number of aromatic nitrogens is 2. The van der Waals surface area contributed by atoms with Gasteiger partial charge in [0.05, 0.1) is 0 Å². The summed E-state index contributed by atoms with van der Waals surface area (Å²) in [4.78, 5) is 0. The average molecular weight is 258 g/mol. The minimum atomic E-state index is -2.63. The number of nitrogens with one attached hydrogen (secondary N) is 1. The van der Waals surface area contributed by atoms with Gasteiger partial charge in [-0.3, -0.25) is 4.72 Å². The molecule has 81 valence electrons. The van der Waals surface area contributed by atoms with Gasteiger partial charge in [-0.25, -0.2) is 8.42 Å². The Balaban J connectivity index is 0.00000196. The second-order valence-corrected chi connectivity index (χ2v) is 5.10. The third kappa shape index (κ3) is 6.47. The van der Waals surface area contributed by atoms with Gasteiger partial charge >= 0.3 is 0 Å². The van der Waals surface area contributed by atoms with Crippen LogP contribution in [0.4, 0.5) is 5.13 Å². The molecule has 1 radical (unpaired) electrons. The molecule has 1 N–H and O–H groups in total. The van der Waals surface area contributed by atoms with Crippen LogP contribution >= 0.6 is 11.3 Å². The molecule has 1 aromatic rings. The van der Waals surface area contributed by atoms with Crippen molar-refractivity contribution < 1.29 is 8.42 Å². The molecule has 0 aliphatic carbocycles. The summed E-state index contributed by atoms with van der Waals surface area (Å²) in [5.74, 6) is 0.617. The maximum absolute atomic E-state index is 10.3. The molecular formula is C7H13N3NaO2S2. The SMILES string of the molecule is CC(C)CCc1nnc(N[SH](=O)=O)s1.[Na].